The Hall–Kier alpha value is -4.14. The molecule has 0 fully saturated rings. The molecule has 0 radical (unpaired) electrons. The zero-order chi connectivity index (χ0) is 22.8. The zero-order valence-electron chi connectivity index (χ0n) is 18.1. The van der Waals surface area contributed by atoms with Gasteiger partial charge in [0.25, 0.3) is 5.56 Å². The first-order valence-corrected chi connectivity index (χ1v) is 10.9. The summed E-state index contributed by atoms with van der Waals surface area (Å²) in [4.78, 5) is 32.8. The van der Waals surface area contributed by atoms with E-state index >= 15 is 0 Å². The molecule has 9 heteroatoms. The molecule has 0 spiro atoms. The summed E-state index contributed by atoms with van der Waals surface area (Å²) in [5.41, 5.74) is 2.68. The lowest BCUT2D eigenvalue weighted by molar-refractivity contribution is -0.115. The third kappa shape index (κ3) is 4.30. The van der Waals surface area contributed by atoms with Gasteiger partial charge in [-0.2, -0.15) is 9.78 Å². The number of aromatic nitrogens is 4. The monoisotopic (exact) mass is 445 g/mol. The Morgan fingerprint density at radius 3 is 2.85 bits per heavy atom. The highest BCUT2D eigenvalue weighted by molar-refractivity contribution is 5.92. The number of hydrogen-bond donors (Lipinski definition) is 2. The molecule has 3 heterocycles. The predicted molar refractivity (Wildman–Crippen MR) is 122 cm³/mol. The molecule has 0 saturated heterocycles. The van der Waals surface area contributed by atoms with Gasteiger partial charge in [0, 0.05) is 11.6 Å². The van der Waals surface area contributed by atoms with E-state index in [1.807, 2.05) is 31.2 Å². The van der Waals surface area contributed by atoms with E-state index in [2.05, 4.69) is 20.4 Å². The number of ether oxygens (including phenoxy) is 1. The number of amides is 1. The molecule has 1 aromatic carbocycles. The number of anilines is 1. The number of carbonyl (C=O) groups excluding carboxylic acids is 1. The normalized spacial score (nSPS) is 12.5. The van der Waals surface area contributed by atoms with E-state index < -0.39 is 0 Å². The second kappa shape index (κ2) is 8.78. The molecule has 1 aliphatic carbocycles. The first-order chi connectivity index (χ1) is 16.1. The summed E-state index contributed by atoms with van der Waals surface area (Å²) in [5.74, 6) is 1.72. The molecular weight excluding hydrogens is 422 g/mol. The Kier molecular flexibility index (Phi) is 5.52. The Balaban J connectivity index is 1.44. The molecule has 0 atom stereocenters. The number of hydrogen-bond acceptors (Lipinski definition) is 6. The van der Waals surface area contributed by atoms with E-state index in [1.165, 1.54) is 4.68 Å². The maximum Gasteiger partial charge on any atom is 0.255 e. The van der Waals surface area contributed by atoms with Gasteiger partial charge in [0.1, 0.15) is 17.3 Å². The van der Waals surface area contributed by atoms with Gasteiger partial charge in [-0.15, -0.1) is 0 Å². The number of carbonyl (C=O) groups is 1. The van der Waals surface area contributed by atoms with E-state index in [0.29, 0.717) is 23.9 Å². The Labute approximate surface area is 189 Å². The number of aromatic amines is 1. The van der Waals surface area contributed by atoms with Gasteiger partial charge < -0.3 is 14.5 Å². The van der Waals surface area contributed by atoms with Gasteiger partial charge in [-0.05, 0) is 56.0 Å². The molecule has 5 rings (SSSR count). The lowest BCUT2D eigenvalue weighted by Gasteiger charge is -2.09. The number of rotatable bonds is 7. The molecule has 4 aromatic rings. The second-order valence-electron chi connectivity index (χ2n) is 7.77. The largest absolute Gasteiger partial charge is 0.494 e. The molecule has 9 nitrogen and oxygen atoms in total. The van der Waals surface area contributed by atoms with E-state index in [4.69, 9.17) is 9.15 Å². The summed E-state index contributed by atoms with van der Waals surface area (Å²) < 4.78 is 12.3. The van der Waals surface area contributed by atoms with Crippen molar-refractivity contribution in [3.8, 4) is 23.2 Å². The van der Waals surface area contributed by atoms with Gasteiger partial charge in [0.2, 0.25) is 11.9 Å². The van der Waals surface area contributed by atoms with E-state index in [1.54, 1.807) is 24.5 Å². The van der Waals surface area contributed by atoms with Crippen molar-refractivity contribution in [3.05, 3.63) is 75.9 Å². The van der Waals surface area contributed by atoms with Crippen LogP contribution in [-0.2, 0) is 24.1 Å². The lowest BCUT2D eigenvalue weighted by atomic mass is 10.1. The third-order valence-electron chi connectivity index (χ3n) is 5.48. The highest BCUT2D eigenvalue weighted by Crippen LogP contribution is 2.25. The SMILES string of the molecule is CCOc1ccc(CC(=O)Nc2cc(-c3ccco3)nn2-c2nc3c(c(=O)[nH]2)CCC3)cc1. The van der Waals surface area contributed by atoms with Crippen LogP contribution in [0.2, 0.25) is 0 Å². The third-order valence-corrected chi connectivity index (χ3v) is 5.48. The molecular formula is C24H23N5O4. The Bertz CT molecular complexity index is 1340. The van der Waals surface area contributed by atoms with Crippen molar-refractivity contribution >= 4 is 11.7 Å². The van der Waals surface area contributed by atoms with Crippen LogP contribution in [0.15, 0.2) is 57.9 Å². The number of fused-ring (bicyclic) bond motifs is 1. The van der Waals surface area contributed by atoms with Gasteiger partial charge in [0.05, 0.1) is 25.0 Å². The first-order valence-electron chi connectivity index (χ1n) is 10.9. The van der Waals surface area contributed by atoms with Gasteiger partial charge in [-0.25, -0.2) is 4.98 Å². The fourth-order valence-electron chi connectivity index (χ4n) is 3.95. The highest BCUT2D eigenvalue weighted by Gasteiger charge is 2.21. The summed E-state index contributed by atoms with van der Waals surface area (Å²) in [5, 5.41) is 7.43. The number of H-pyrrole nitrogens is 1. The van der Waals surface area contributed by atoms with Crippen LogP contribution in [0.25, 0.3) is 17.4 Å². The van der Waals surface area contributed by atoms with Crippen LogP contribution < -0.4 is 15.6 Å². The van der Waals surface area contributed by atoms with Crippen LogP contribution in [0.3, 0.4) is 0 Å². The maximum atomic E-state index is 12.8. The molecule has 1 aliphatic rings. The molecule has 0 bridgehead atoms. The topological polar surface area (TPSA) is 115 Å². The van der Waals surface area contributed by atoms with Crippen molar-refractivity contribution in [3.63, 3.8) is 0 Å². The molecule has 0 saturated carbocycles. The van der Waals surface area contributed by atoms with Crippen molar-refractivity contribution < 1.29 is 13.9 Å². The standard InChI is InChI=1S/C24H23N5O4/c1-2-32-16-10-8-15(9-11-16)13-22(30)26-21-14-19(20-7-4-12-33-20)28-29(21)24-25-18-6-3-5-17(18)23(31)27-24/h4,7-12,14H,2-3,5-6,13H2,1H3,(H,26,30)(H,25,27,31). The average molecular weight is 445 g/mol. The summed E-state index contributed by atoms with van der Waals surface area (Å²) in [6.07, 6.45) is 4.09. The van der Waals surface area contributed by atoms with E-state index in [0.717, 1.165) is 41.8 Å². The molecule has 0 aliphatic heterocycles. The maximum absolute atomic E-state index is 12.8. The summed E-state index contributed by atoms with van der Waals surface area (Å²) in [6.45, 7) is 2.51. The van der Waals surface area contributed by atoms with Crippen molar-refractivity contribution in [2.45, 2.75) is 32.6 Å². The lowest BCUT2D eigenvalue weighted by Crippen LogP contribution is -2.21. The first kappa shape index (κ1) is 20.7. The van der Waals surface area contributed by atoms with Crippen LogP contribution in [0, 0.1) is 0 Å². The molecule has 33 heavy (non-hydrogen) atoms. The summed E-state index contributed by atoms with van der Waals surface area (Å²) in [7, 11) is 0. The smallest absolute Gasteiger partial charge is 0.255 e. The average Bonchev–Trinajstić information content (AvgIpc) is 3.56. The van der Waals surface area contributed by atoms with Gasteiger partial charge >= 0.3 is 0 Å². The zero-order valence-corrected chi connectivity index (χ0v) is 18.1. The number of furan rings is 1. The number of benzene rings is 1. The number of nitrogens with one attached hydrogen (secondary N) is 2. The van der Waals surface area contributed by atoms with Crippen LogP contribution >= 0.6 is 0 Å². The fourth-order valence-corrected chi connectivity index (χ4v) is 3.95. The van der Waals surface area contributed by atoms with Crippen LogP contribution in [0.1, 0.15) is 30.2 Å². The number of nitrogens with zero attached hydrogens (tertiary/aromatic N) is 3. The van der Waals surface area contributed by atoms with Crippen molar-refractivity contribution in [2.75, 3.05) is 11.9 Å². The Morgan fingerprint density at radius 1 is 1.24 bits per heavy atom. The van der Waals surface area contributed by atoms with Crippen LogP contribution in [-0.4, -0.2) is 32.3 Å². The summed E-state index contributed by atoms with van der Waals surface area (Å²) in [6, 6.07) is 12.6. The van der Waals surface area contributed by atoms with Crippen molar-refractivity contribution in [2.24, 2.45) is 0 Å². The minimum Gasteiger partial charge on any atom is -0.494 e. The van der Waals surface area contributed by atoms with E-state index in [9.17, 15) is 9.59 Å². The molecule has 168 valence electrons. The van der Waals surface area contributed by atoms with Gasteiger partial charge in [-0.1, -0.05) is 12.1 Å². The molecule has 1 amide bonds. The fraction of sp³-hybridized carbons (Fsp3) is 0.250. The molecule has 0 unspecified atom stereocenters. The minimum atomic E-state index is -0.227. The van der Waals surface area contributed by atoms with Gasteiger partial charge in [-0.3, -0.25) is 14.6 Å². The quantitative estimate of drug-likeness (QED) is 0.451. The highest BCUT2D eigenvalue weighted by atomic mass is 16.5. The molecule has 2 N–H and O–H groups in total. The Morgan fingerprint density at radius 2 is 2.09 bits per heavy atom. The van der Waals surface area contributed by atoms with Crippen molar-refractivity contribution in [1.29, 1.82) is 0 Å². The van der Waals surface area contributed by atoms with E-state index in [-0.39, 0.29) is 23.8 Å². The second-order valence-corrected chi connectivity index (χ2v) is 7.77. The van der Waals surface area contributed by atoms with Gasteiger partial charge in [0.15, 0.2) is 5.76 Å². The molecule has 3 aromatic heterocycles. The van der Waals surface area contributed by atoms with Crippen LogP contribution in [0.5, 0.6) is 5.75 Å². The number of aryl methyl sites for hydroxylation is 1. The minimum absolute atomic E-state index is 0.168. The predicted octanol–water partition coefficient (Wildman–Crippen LogP) is 3.28. The van der Waals surface area contributed by atoms with Crippen molar-refractivity contribution in [1.82, 2.24) is 19.7 Å². The summed E-state index contributed by atoms with van der Waals surface area (Å²) >= 11 is 0. The van der Waals surface area contributed by atoms with Crippen LogP contribution in [0.4, 0.5) is 5.82 Å².